The molecular formula is C54H76N2P32. The van der Waals surface area contributed by atoms with Crippen LogP contribution in [-0.2, 0) is 10.8 Å². The Balaban J connectivity index is 0.000000231. The molecule has 1 aromatic heterocycles. The van der Waals surface area contributed by atoms with Crippen LogP contribution in [-0.4, -0.2) is 4.57 Å². The van der Waals surface area contributed by atoms with Gasteiger partial charge in [-0.2, -0.15) is 0 Å². The van der Waals surface area contributed by atoms with Crippen LogP contribution in [0.2, 0.25) is 0 Å². The molecule has 1 heterocycles. The first-order chi connectivity index (χ1) is 41.8. The minimum Gasteiger partial charge on any atom is -0.309 e. The highest BCUT2D eigenvalue weighted by atomic mass is 33.5. The number of fused-ring (bicyclic) bond motifs is 9. The van der Waals surface area contributed by atoms with Gasteiger partial charge in [-0.15, -0.1) is 152 Å². The highest BCUT2D eigenvalue weighted by Crippen LogP contribution is 3.39. The van der Waals surface area contributed by atoms with E-state index in [0.717, 1.165) is 11.4 Å². The highest BCUT2D eigenvalue weighted by molar-refractivity contribution is 9.45. The van der Waals surface area contributed by atoms with Gasteiger partial charge in [0, 0.05) is 49.7 Å². The SMILES string of the molecule is CC1(C)c2ccccc2-c2c(N(c3cccc(-c4cccc5c6ccccc6n(-c6ccccc6)c45)c3)c3cccc4c3-c3ccccc3C4(C)C)cccc21.PP(P)P(P)P(P(P)P)P(P(P(P)P)P(P)P)P(P(P(P)P)P(P)P)P(P(P)P)P(P)P. The number of rotatable bonds is 19. The Labute approximate surface area is 580 Å². The molecule has 9 aromatic rings. The maximum atomic E-state index is 3.43. The third-order valence-corrected chi connectivity index (χ3v) is 229. The maximum Gasteiger partial charge on any atom is 0.0619 e. The van der Waals surface area contributed by atoms with Crippen molar-refractivity contribution in [2.45, 2.75) is 38.5 Å². The Hall–Kier alpha value is 7.12. The summed E-state index contributed by atoms with van der Waals surface area (Å²) >= 11 is 0. The van der Waals surface area contributed by atoms with E-state index in [-0.39, 0.29) is 116 Å². The molecule has 0 radical (unpaired) electrons. The molecule has 11 rings (SSSR count). The van der Waals surface area contributed by atoms with Crippen LogP contribution < -0.4 is 4.90 Å². The maximum absolute atomic E-state index is 3.43. The van der Waals surface area contributed by atoms with Crippen molar-refractivity contribution >= 4 is 295 Å². The van der Waals surface area contributed by atoms with E-state index in [1.807, 2.05) is 0 Å². The summed E-state index contributed by atoms with van der Waals surface area (Å²) in [7, 11) is 56.3. The molecule has 34 heteroatoms. The van der Waals surface area contributed by atoms with E-state index >= 15 is 0 Å². The molecule has 20 unspecified atom stereocenters. The molecule has 462 valence electrons. The van der Waals surface area contributed by atoms with E-state index in [2.05, 4.69) is 371 Å². The molecule has 8 aromatic carbocycles. The summed E-state index contributed by atoms with van der Waals surface area (Å²) in [6, 6.07) is 67.5. The molecule has 0 amide bonds. The molecule has 0 fully saturated rings. The largest absolute Gasteiger partial charge is 0.309 e. The van der Waals surface area contributed by atoms with Gasteiger partial charge in [-0.1, -0.05) is 167 Å². The molecule has 0 saturated carbocycles. The summed E-state index contributed by atoms with van der Waals surface area (Å²) in [5.41, 5.74) is 20.0. The van der Waals surface area contributed by atoms with Gasteiger partial charge < -0.3 is 9.47 Å². The smallest absolute Gasteiger partial charge is 0.0619 e. The second kappa shape index (κ2) is 34.4. The minimum absolute atomic E-state index is 0.0135. The van der Waals surface area contributed by atoms with Gasteiger partial charge in [0.15, 0.2) is 0 Å². The summed E-state index contributed by atoms with van der Waals surface area (Å²) in [6.07, 6.45) is 0. The van der Waals surface area contributed by atoms with Crippen LogP contribution in [0.15, 0.2) is 182 Å². The van der Waals surface area contributed by atoms with E-state index in [0.29, 0.717) is 0 Å². The van der Waals surface area contributed by atoms with Gasteiger partial charge in [0.2, 0.25) is 0 Å². The van der Waals surface area contributed by atoms with Crippen molar-refractivity contribution in [1.29, 1.82) is 0 Å². The molecule has 0 bridgehead atoms. The van der Waals surface area contributed by atoms with Gasteiger partial charge in [-0.3, -0.25) is 0 Å². The van der Waals surface area contributed by atoms with Gasteiger partial charge in [0.1, 0.15) is 0 Å². The van der Waals surface area contributed by atoms with Gasteiger partial charge in [0.05, 0.1) is 22.4 Å². The molecule has 0 N–H and O–H groups in total. The Kier molecular flexibility index (Phi) is 30.3. The van der Waals surface area contributed by atoms with Gasteiger partial charge in [-0.05, 0) is 186 Å². The molecule has 2 aliphatic carbocycles. The molecule has 2 aliphatic rings. The van der Waals surface area contributed by atoms with Crippen molar-refractivity contribution in [3.05, 3.63) is 204 Å². The quantitative estimate of drug-likeness (QED) is 0.0733. The lowest BCUT2D eigenvalue weighted by Gasteiger charge is -2.53. The fraction of sp³-hybridized carbons (Fsp3) is 0.111. The summed E-state index contributed by atoms with van der Waals surface area (Å²) in [5.74, 6) is 0. The van der Waals surface area contributed by atoms with E-state index in [1.54, 1.807) is 0 Å². The predicted octanol–water partition coefficient (Wildman–Crippen LogP) is 33.0. The highest BCUT2D eigenvalue weighted by Gasteiger charge is 2.52. The van der Waals surface area contributed by atoms with Gasteiger partial charge in [0.25, 0.3) is 0 Å². The van der Waals surface area contributed by atoms with Crippen molar-refractivity contribution < 1.29 is 0 Å². The van der Waals surface area contributed by atoms with E-state index in [1.165, 1.54) is 88.8 Å². The fourth-order valence-corrected chi connectivity index (χ4v) is 427. The normalized spacial score (nSPS) is 15.2. The van der Waals surface area contributed by atoms with E-state index in [9.17, 15) is 0 Å². The number of aromatic nitrogens is 1. The Morgan fingerprint density at radius 3 is 1.19 bits per heavy atom. The van der Waals surface area contributed by atoms with Crippen molar-refractivity contribution in [2.75, 3.05) is 4.90 Å². The molecule has 0 saturated heterocycles. The standard InChI is InChI=1S/C54H42N2.H34P32/c1-53(2)43-27-11-8-23-41(43)50-45(53)29-16-32-48(50)55(49-33-17-30-46-51(49)42-24-9-12-28-44(42)54(46,3)4)37-21-14-18-35(34-37)38-25-15-26-40-39-22-10-13-31-47(39)56(52(38)40)36-19-6-5-7-20-36;1-18(2)26(17)30(25(15)16)32(29(23(11)12)24(13)14)31(27(19(3)4)20(5)6)28(21(7)8)22(9)10/h5-34H,1-4H3;1-17H2. The number of nitrogens with zero attached hydrogens (tertiary/aromatic N) is 2. The van der Waals surface area contributed by atoms with Gasteiger partial charge >= 0.3 is 0 Å². The molecule has 0 spiro atoms. The lowest BCUT2D eigenvalue weighted by atomic mass is 9.82. The second-order valence-electron chi connectivity index (χ2n) is 21.5. The predicted molar refractivity (Wildman–Crippen MR) is 505 cm³/mol. The average Bonchev–Trinajstić information content (AvgIpc) is 1.57. The van der Waals surface area contributed by atoms with Crippen molar-refractivity contribution in [3.63, 3.8) is 0 Å². The van der Waals surface area contributed by atoms with Crippen molar-refractivity contribution in [3.8, 4) is 39.1 Å². The summed E-state index contributed by atoms with van der Waals surface area (Å²) in [5, 5.41) is 2.51. The number of hydrogen-bond donors (Lipinski definition) is 0. The lowest BCUT2D eigenvalue weighted by Crippen LogP contribution is -2.17. The molecule has 2 nitrogen and oxygen atoms in total. The second-order valence-corrected chi connectivity index (χ2v) is 151. The number of benzene rings is 8. The average molecular weight is 1740 g/mol. The van der Waals surface area contributed by atoms with Crippen molar-refractivity contribution in [1.82, 2.24) is 4.57 Å². The third-order valence-electron chi connectivity index (χ3n) is 15.4. The monoisotopic (exact) mass is 1740 g/mol. The number of para-hydroxylation sites is 3. The van der Waals surface area contributed by atoms with Gasteiger partial charge in [-0.25, -0.2) is 0 Å². The van der Waals surface area contributed by atoms with Crippen LogP contribution >= 0.6 is 257 Å². The van der Waals surface area contributed by atoms with Crippen molar-refractivity contribution in [2.24, 2.45) is 0 Å². The van der Waals surface area contributed by atoms with Crippen LogP contribution in [0, 0.1) is 0 Å². The van der Waals surface area contributed by atoms with E-state index in [4.69, 9.17) is 0 Å². The fourth-order valence-electron chi connectivity index (χ4n) is 11.9. The number of anilines is 3. The third kappa shape index (κ3) is 16.3. The zero-order valence-electron chi connectivity index (χ0n) is 48.7. The first-order valence-electron chi connectivity index (χ1n) is 27.0. The molecule has 20 atom stereocenters. The Bertz CT molecular complexity index is 3780. The van der Waals surface area contributed by atoms with E-state index < -0.39 is 0 Å². The Morgan fingerprint density at radius 1 is 0.330 bits per heavy atom. The Morgan fingerprint density at radius 2 is 0.716 bits per heavy atom. The first kappa shape index (κ1) is 77.7. The van der Waals surface area contributed by atoms with Crippen LogP contribution in [0.5, 0.6) is 0 Å². The summed E-state index contributed by atoms with van der Waals surface area (Å²) < 4.78 is 2.44. The zero-order valence-corrected chi connectivity index (χ0v) is 81.8. The molecule has 0 aliphatic heterocycles. The van der Waals surface area contributed by atoms with Crippen LogP contribution in [0.25, 0.3) is 60.9 Å². The topological polar surface area (TPSA) is 8.17 Å². The summed E-state index contributed by atoms with van der Waals surface area (Å²) in [6.45, 7) is 9.00. The first-order valence-corrected chi connectivity index (χ1v) is 84.5. The molecular weight excluding hydrogens is 1670 g/mol. The van der Waals surface area contributed by atoms with Crippen LogP contribution in [0.4, 0.5) is 17.1 Å². The summed E-state index contributed by atoms with van der Waals surface area (Å²) in [4.78, 5) is 2.56. The van der Waals surface area contributed by atoms with Crippen LogP contribution in [0.3, 0.4) is 0 Å². The number of hydrogen-bond acceptors (Lipinski definition) is 1. The lowest BCUT2D eigenvalue weighted by molar-refractivity contribution is 0.660. The molecule has 88 heavy (non-hydrogen) atoms. The zero-order chi connectivity index (χ0) is 63.4. The minimum atomic E-state index is -0.122. The van der Waals surface area contributed by atoms with Crippen LogP contribution in [0.1, 0.15) is 49.9 Å².